The molecule has 0 spiro atoms. The highest BCUT2D eigenvalue weighted by molar-refractivity contribution is 5.39. The fourth-order valence-electron chi connectivity index (χ4n) is 1.72. The van der Waals surface area contributed by atoms with Gasteiger partial charge in [0, 0.05) is 5.56 Å². The van der Waals surface area contributed by atoms with E-state index < -0.39 is 12.5 Å². The Bertz CT molecular complexity index is 483. The molecule has 0 aliphatic heterocycles. The van der Waals surface area contributed by atoms with Gasteiger partial charge >= 0.3 is 6.43 Å². The Morgan fingerprint density at radius 1 is 0.882 bits per heavy atom. The standard InChI is InChI=1S/C14H11F2O/c15-14(16)12-9-5-4-8-11(12)13(17)10-6-2-1-3-7-10/h1-9,13,17H. The lowest BCUT2D eigenvalue weighted by molar-refractivity contribution is 0.215. The minimum Gasteiger partial charge on any atom is -0.384 e. The van der Waals surface area contributed by atoms with Gasteiger partial charge in [0.25, 0.3) is 0 Å². The Morgan fingerprint density at radius 3 is 2.12 bits per heavy atom. The summed E-state index contributed by atoms with van der Waals surface area (Å²) in [6.45, 7) is 0. The van der Waals surface area contributed by atoms with Crippen molar-refractivity contribution < 1.29 is 13.9 Å². The van der Waals surface area contributed by atoms with Crippen molar-refractivity contribution >= 4 is 0 Å². The summed E-state index contributed by atoms with van der Waals surface area (Å²) in [6.07, 6.45) is -2.82. The predicted molar refractivity (Wildman–Crippen MR) is 61.5 cm³/mol. The van der Waals surface area contributed by atoms with Crippen LogP contribution in [0.15, 0.2) is 54.6 Å². The summed E-state index contributed by atoms with van der Waals surface area (Å²) in [5, 5.41) is 10.1. The lowest BCUT2D eigenvalue weighted by atomic mass is 9.97. The number of hydrogen-bond donors (Lipinski definition) is 1. The van der Waals surface area contributed by atoms with E-state index in [-0.39, 0.29) is 11.1 Å². The largest absolute Gasteiger partial charge is 0.384 e. The van der Waals surface area contributed by atoms with Crippen LogP contribution in [0.5, 0.6) is 0 Å². The lowest BCUT2D eigenvalue weighted by Crippen LogP contribution is -2.04. The van der Waals surface area contributed by atoms with Crippen LogP contribution in [0.1, 0.15) is 22.8 Å². The smallest absolute Gasteiger partial charge is 0.340 e. The molecule has 1 N–H and O–H groups in total. The van der Waals surface area contributed by atoms with Crippen LogP contribution in [-0.2, 0) is 0 Å². The van der Waals surface area contributed by atoms with Crippen LogP contribution in [0.3, 0.4) is 0 Å². The first-order chi connectivity index (χ1) is 8.20. The van der Waals surface area contributed by atoms with Crippen LogP contribution in [0.4, 0.5) is 8.78 Å². The molecule has 0 fully saturated rings. The minimum absolute atomic E-state index is 0.205. The first-order valence-electron chi connectivity index (χ1n) is 5.20. The Hall–Kier alpha value is -1.74. The number of halogens is 2. The van der Waals surface area contributed by atoms with Gasteiger partial charge in [-0.3, -0.25) is 0 Å². The van der Waals surface area contributed by atoms with Crippen molar-refractivity contribution in [2.45, 2.75) is 6.10 Å². The predicted octanol–water partition coefficient (Wildman–Crippen LogP) is 3.54. The zero-order chi connectivity index (χ0) is 12.3. The Balaban J connectivity index is 2.41. The molecule has 0 saturated heterocycles. The van der Waals surface area contributed by atoms with E-state index in [1.165, 1.54) is 18.2 Å². The molecule has 1 radical (unpaired) electrons. The molecule has 1 unspecified atom stereocenters. The number of aliphatic hydroxyl groups excluding tert-OH is 1. The molecule has 17 heavy (non-hydrogen) atoms. The summed E-state index contributed by atoms with van der Waals surface area (Å²) in [4.78, 5) is 0. The third-order valence-corrected chi connectivity index (χ3v) is 2.57. The van der Waals surface area contributed by atoms with Gasteiger partial charge in [0.1, 0.15) is 6.10 Å². The molecule has 0 saturated carbocycles. The Morgan fingerprint density at radius 2 is 1.47 bits per heavy atom. The molecule has 2 rings (SSSR count). The van der Waals surface area contributed by atoms with Crippen molar-refractivity contribution in [2.24, 2.45) is 0 Å². The van der Waals surface area contributed by atoms with Gasteiger partial charge in [-0.15, -0.1) is 0 Å². The van der Waals surface area contributed by atoms with Crippen molar-refractivity contribution in [2.75, 3.05) is 0 Å². The van der Waals surface area contributed by atoms with E-state index in [0.29, 0.717) is 5.56 Å². The maximum atomic E-state index is 12.7. The number of benzene rings is 2. The molecule has 3 heteroatoms. The second-order valence-corrected chi connectivity index (χ2v) is 3.66. The highest BCUT2D eigenvalue weighted by Gasteiger charge is 2.20. The summed E-state index contributed by atoms with van der Waals surface area (Å²) in [6, 6.07) is 14.7. The van der Waals surface area contributed by atoms with E-state index in [0.717, 1.165) is 0 Å². The average Bonchev–Trinajstić information content (AvgIpc) is 2.39. The molecular formula is C14H11F2O. The van der Waals surface area contributed by atoms with Crippen molar-refractivity contribution in [1.82, 2.24) is 0 Å². The average molecular weight is 233 g/mol. The quantitative estimate of drug-likeness (QED) is 0.859. The SMILES string of the molecule is OC(c1ccccc1)c1ccccc1[C](F)F. The van der Waals surface area contributed by atoms with Crippen LogP contribution in [-0.4, -0.2) is 5.11 Å². The third kappa shape index (κ3) is 2.50. The van der Waals surface area contributed by atoms with Crippen molar-refractivity contribution in [1.29, 1.82) is 0 Å². The van der Waals surface area contributed by atoms with Crippen molar-refractivity contribution in [3.63, 3.8) is 0 Å². The van der Waals surface area contributed by atoms with Gasteiger partial charge in [-0.25, -0.2) is 0 Å². The van der Waals surface area contributed by atoms with E-state index in [4.69, 9.17) is 0 Å². The van der Waals surface area contributed by atoms with E-state index in [2.05, 4.69) is 0 Å². The number of rotatable bonds is 3. The van der Waals surface area contributed by atoms with Gasteiger partial charge in [-0.2, -0.15) is 8.78 Å². The topological polar surface area (TPSA) is 20.2 Å². The third-order valence-electron chi connectivity index (χ3n) is 2.57. The fraction of sp³-hybridized carbons (Fsp3) is 0.0714. The molecule has 0 aromatic heterocycles. The zero-order valence-electron chi connectivity index (χ0n) is 8.98. The molecule has 1 atom stereocenters. The van der Waals surface area contributed by atoms with E-state index >= 15 is 0 Å². The maximum absolute atomic E-state index is 12.7. The van der Waals surface area contributed by atoms with Crippen molar-refractivity contribution in [3.8, 4) is 0 Å². The van der Waals surface area contributed by atoms with Crippen LogP contribution in [0, 0.1) is 6.43 Å². The summed E-state index contributed by atoms with van der Waals surface area (Å²) in [5.41, 5.74) is 0.615. The first kappa shape index (κ1) is 11.7. The fourth-order valence-corrected chi connectivity index (χ4v) is 1.72. The molecule has 2 aromatic rings. The second kappa shape index (κ2) is 5.06. The van der Waals surface area contributed by atoms with Gasteiger partial charge in [-0.1, -0.05) is 54.6 Å². The number of aliphatic hydroxyl groups is 1. The van der Waals surface area contributed by atoms with E-state index in [9.17, 15) is 13.9 Å². The summed E-state index contributed by atoms with van der Waals surface area (Å²) < 4.78 is 25.4. The minimum atomic E-state index is -1.78. The molecule has 0 amide bonds. The molecular weight excluding hydrogens is 222 g/mol. The summed E-state index contributed by atoms with van der Waals surface area (Å²) >= 11 is 0. The summed E-state index contributed by atoms with van der Waals surface area (Å²) in [5.74, 6) is 0. The van der Waals surface area contributed by atoms with Crippen LogP contribution < -0.4 is 0 Å². The highest BCUT2D eigenvalue weighted by Crippen LogP contribution is 2.30. The normalized spacial score (nSPS) is 12.7. The van der Waals surface area contributed by atoms with Crippen LogP contribution in [0.2, 0.25) is 0 Å². The monoisotopic (exact) mass is 233 g/mol. The van der Waals surface area contributed by atoms with Gasteiger partial charge in [0.05, 0.1) is 0 Å². The maximum Gasteiger partial charge on any atom is 0.340 e. The van der Waals surface area contributed by atoms with Gasteiger partial charge in [-0.05, 0) is 11.1 Å². The Labute approximate surface area is 98.3 Å². The lowest BCUT2D eigenvalue weighted by Gasteiger charge is -2.14. The molecule has 2 aromatic carbocycles. The molecule has 0 aliphatic carbocycles. The molecule has 0 heterocycles. The molecule has 87 valence electrons. The zero-order valence-corrected chi connectivity index (χ0v) is 8.98. The van der Waals surface area contributed by atoms with Gasteiger partial charge < -0.3 is 5.11 Å². The second-order valence-electron chi connectivity index (χ2n) is 3.66. The van der Waals surface area contributed by atoms with Gasteiger partial charge in [0.15, 0.2) is 0 Å². The van der Waals surface area contributed by atoms with E-state index in [1.54, 1.807) is 30.3 Å². The van der Waals surface area contributed by atoms with Gasteiger partial charge in [0.2, 0.25) is 0 Å². The molecule has 0 aliphatic rings. The van der Waals surface area contributed by atoms with Crippen LogP contribution >= 0.6 is 0 Å². The summed E-state index contributed by atoms with van der Waals surface area (Å²) in [7, 11) is 0. The number of hydrogen-bond acceptors (Lipinski definition) is 1. The molecule has 1 nitrogen and oxygen atoms in total. The van der Waals surface area contributed by atoms with Crippen LogP contribution in [0.25, 0.3) is 0 Å². The highest BCUT2D eigenvalue weighted by atomic mass is 19.3. The van der Waals surface area contributed by atoms with E-state index in [1.807, 2.05) is 6.07 Å². The van der Waals surface area contributed by atoms with Crippen molar-refractivity contribution in [3.05, 3.63) is 77.7 Å². The Kier molecular flexibility index (Phi) is 3.49. The molecule has 0 bridgehead atoms. The first-order valence-corrected chi connectivity index (χ1v) is 5.20.